The smallest absolute Gasteiger partial charge is 0.272 e. The molecule has 0 bridgehead atoms. The van der Waals surface area contributed by atoms with Gasteiger partial charge in [0.2, 0.25) is 0 Å². The number of aromatic nitrogens is 3. The van der Waals surface area contributed by atoms with Crippen molar-refractivity contribution < 1.29 is 14.3 Å². The van der Waals surface area contributed by atoms with Crippen molar-refractivity contribution in [1.29, 1.82) is 0 Å². The van der Waals surface area contributed by atoms with E-state index in [4.69, 9.17) is 14.5 Å². The minimum atomic E-state index is -0.102. The highest BCUT2D eigenvalue weighted by Gasteiger charge is 2.22. The van der Waals surface area contributed by atoms with Crippen molar-refractivity contribution in [2.75, 3.05) is 19.0 Å². The maximum Gasteiger partial charge on any atom is 0.272 e. The second-order valence-electron chi connectivity index (χ2n) is 7.75. The van der Waals surface area contributed by atoms with Gasteiger partial charge < -0.3 is 9.47 Å². The number of pyridine rings is 1. The van der Waals surface area contributed by atoms with Crippen molar-refractivity contribution >= 4 is 49.3 Å². The predicted octanol–water partition coefficient (Wildman–Crippen LogP) is 4.56. The van der Waals surface area contributed by atoms with Gasteiger partial charge in [0, 0.05) is 23.8 Å². The van der Waals surface area contributed by atoms with Gasteiger partial charge in [0.05, 0.1) is 30.5 Å². The van der Waals surface area contributed by atoms with Crippen LogP contribution in [0.3, 0.4) is 0 Å². The van der Waals surface area contributed by atoms with Gasteiger partial charge >= 0.3 is 0 Å². The van der Waals surface area contributed by atoms with Gasteiger partial charge in [-0.2, -0.15) is 0 Å². The third-order valence-electron chi connectivity index (χ3n) is 5.55. The Morgan fingerprint density at radius 1 is 1.30 bits per heavy atom. The summed E-state index contributed by atoms with van der Waals surface area (Å²) >= 11 is 2.65. The van der Waals surface area contributed by atoms with Crippen LogP contribution < -0.4 is 10.3 Å². The number of hydrogen-bond acceptors (Lipinski definition) is 8. The van der Waals surface area contributed by atoms with Crippen molar-refractivity contribution in [1.82, 2.24) is 14.5 Å². The maximum atomic E-state index is 13.5. The van der Waals surface area contributed by atoms with Gasteiger partial charge in [-0.15, -0.1) is 11.3 Å². The molecule has 0 radical (unpaired) electrons. The molecule has 0 amide bonds. The topological polar surface area (TPSA) is 83.3 Å². The standard InChI is InChI=1S/C24H23N3O4S2/c1-2-30-16-9-7-15(8-10-16)19(28)14-32-24-26-20-18-6-3-11-25-22(18)33-21(20)23(29)27(24)13-17-5-4-12-31-17/h3,6-11,17H,2,4-5,12-14H2,1H3/t17-/m1/s1. The molecule has 1 saturated heterocycles. The third kappa shape index (κ3) is 4.53. The van der Waals surface area contributed by atoms with E-state index in [9.17, 15) is 9.59 Å². The van der Waals surface area contributed by atoms with Crippen LogP contribution in [0.15, 0.2) is 52.5 Å². The lowest BCUT2D eigenvalue weighted by Crippen LogP contribution is -2.28. The zero-order valence-electron chi connectivity index (χ0n) is 18.2. The Bertz CT molecular complexity index is 1360. The summed E-state index contributed by atoms with van der Waals surface area (Å²) in [4.78, 5) is 36.3. The average molecular weight is 482 g/mol. The second kappa shape index (κ2) is 9.62. The molecule has 4 heterocycles. The van der Waals surface area contributed by atoms with E-state index in [2.05, 4.69) is 4.98 Å². The Hall–Kier alpha value is -2.75. The number of ketones is 1. The Balaban J connectivity index is 1.47. The number of thioether (sulfide) groups is 1. The van der Waals surface area contributed by atoms with Crippen LogP contribution in [0.25, 0.3) is 20.4 Å². The average Bonchev–Trinajstić information content (AvgIpc) is 3.48. The fraction of sp³-hybridized carbons (Fsp3) is 0.333. The molecule has 0 N–H and O–H groups in total. The van der Waals surface area contributed by atoms with Gasteiger partial charge in [-0.25, -0.2) is 9.97 Å². The predicted molar refractivity (Wildman–Crippen MR) is 131 cm³/mol. The van der Waals surface area contributed by atoms with Crippen LogP contribution >= 0.6 is 23.1 Å². The number of carbonyl (C=O) groups excluding carboxylic acids is 1. The first-order chi connectivity index (χ1) is 16.1. The summed E-state index contributed by atoms with van der Waals surface area (Å²) in [5.74, 6) is 0.882. The van der Waals surface area contributed by atoms with Crippen molar-refractivity contribution in [2.24, 2.45) is 0 Å². The number of thiophene rings is 1. The van der Waals surface area contributed by atoms with E-state index in [1.807, 2.05) is 19.1 Å². The van der Waals surface area contributed by atoms with Gasteiger partial charge in [-0.05, 0) is 56.2 Å². The van der Waals surface area contributed by atoms with E-state index in [-0.39, 0.29) is 23.2 Å². The molecule has 1 aliphatic heterocycles. The molecule has 0 unspecified atom stereocenters. The van der Waals surface area contributed by atoms with Crippen LogP contribution in [0.4, 0.5) is 0 Å². The summed E-state index contributed by atoms with van der Waals surface area (Å²) in [5.41, 5.74) is 1.15. The molecule has 9 heteroatoms. The summed E-state index contributed by atoms with van der Waals surface area (Å²) in [6.07, 6.45) is 3.60. The molecule has 1 atom stereocenters. The fourth-order valence-corrected chi connectivity index (χ4v) is 5.85. The molecule has 33 heavy (non-hydrogen) atoms. The van der Waals surface area contributed by atoms with E-state index in [1.165, 1.54) is 23.1 Å². The monoisotopic (exact) mass is 481 g/mol. The summed E-state index contributed by atoms with van der Waals surface area (Å²) < 4.78 is 13.5. The number of ether oxygens (including phenoxy) is 2. The van der Waals surface area contributed by atoms with Gasteiger partial charge in [-0.3, -0.25) is 14.2 Å². The molecule has 170 valence electrons. The Kier molecular flexibility index (Phi) is 6.43. The van der Waals surface area contributed by atoms with Gasteiger partial charge in [0.25, 0.3) is 5.56 Å². The molecular formula is C24H23N3O4S2. The number of nitrogens with zero attached hydrogens (tertiary/aromatic N) is 3. The highest BCUT2D eigenvalue weighted by molar-refractivity contribution is 7.99. The fourth-order valence-electron chi connectivity index (χ4n) is 3.92. The lowest BCUT2D eigenvalue weighted by atomic mass is 10.1. The summed E-state index contributed by atoms with van der Waals surface area (Å²) in [6.45, 7) is 3.64. The number of fused-ring (bicyclic) bond motifs is 3. The van der Waals surface area contributed by atoms with Crippen LogP contribution in [0.5, 0.6) is 5.75 Å². The SMILES string of the molecule is CCOc1ccc(C(=O)CSc2nc3c(sc4ncccc43)c(=O)n2C[C@H]2CCCO2)cc1. The molecular weight excluding hydrogens is 458 g/mol. The number of hydrogen-bond donors (Lipinski definition) is 0. The lowest BCUT2D eigenvalue weighted by molar-refractivity contribution is 0.0938. The summed E-state index contributed by atoms with van der Waals surface area (Å²) in [7, 11) is 0. The molecule has 0 spiro atoms. The third-order valence-corrected chi connectivity index (χ3v) is 7.61. The van der Waals surface area contributed by atoms with Crippen LogP contribution in [0.1, 0.15) is 30.1 Å². The molecule has 4 aromatic rings. The highest BCUT2D eigenvalue weighted by atomic mass is 32.2. The molecule has 5 rings (SSSR count). The molecule has 3 aromatic heterocycles. The normalized spacial score (nSPS) is 16.0. The second-order valence-corrected chi connectivity index (χ2v) is 9.69. The number of Topliss-reactive ketones (excluding diaryl/α,β-unsaturated/α-hetero) is 1. The zero-order chi connectivity index (χ0) is 22.8. The Morgan fingerprint density at radius 2 is 2.15 bits per heavy atom. The largest absolute Gasteiger partial charge is 0.494 e. The quantitative estimate of drug-likeness (QED) is 0.207. The number of benzene rings is 1. The van der Waals surface area contributed by atoms with E-state index < -0.39 is 0 Å². The van der Waals surface area contributed by atoms with E-state index in [0.717, 1.165) is 28.8 Å². The lowest BCUT2D eigenvalue weighted by Gasteiger charge is -2.15. The van der Waals surface area contributed by atoms with Crippen molar-refractivity contribution in [3.8, 4) is 5.75 Å². The van der Waals surface area contributed by atoms with Crippen LogP contribution in [-0.4, -0.2) is 45.4 Å². The maximum absolute atomic E-state index is 13.5. The molecule has 1 aliphatic rings. The highest BCUT2D eigenvalue weighted by Crippen LogP contribution is 2.31. The van der Waals surface area contributed by atoms with Crippen LogP contribution in [0, 0.1) is 0 Å². The van der Waals surface area contributed by atoms with Crippen molar-refractivity contribution in [2.45, 2.75) is 37.6 Å². The first-order valence-corrected chi connectivity index (χ1v) is 12.7. The van der Waals surface area contributed by atoms with Gasteiger partial charge in [-0.1, -0.05) is 11.8 Å². The van der Waals surface area contributed by atoms with Crippen LogP contribution in [-0.2, 0) is 11.3 Å². The first kappa shape index (κ1) is 22.1. The van der Waals surface area contributed by atoms with E-state index >= 15 is 0 Å². The minimum absolute atomic E-state index is 0.0179. The van der Waals surface area contributed by atoms with E-state index in [0.29, 0.717) is 40.7 Å². The molecule has 0 saturated carbocycles. The van der Waals surface area contributed by atoms with Crippen molar-refractivity contribution in [3.63, 3.8) is 0 Å². The molecule has 1 fully saturated rings. The van der Waals surface area contributed by atoms with E-state index in [1.54, 1.807) is 35.0 Å². The molecule has 0 aliphatic carbocycles. The van der Waals surface area contributed by atoms with Crippen molar-refractivity contribution in [3.05, 3.63) is 58.5 Å². The Morgan fingerprint density at radius 3 is 2.91 bits per heavy atom. The number of carbonyl (C=O) groups is 1. The minimum Gasteiger partial charge on any atom is -0.494 e. The molecule has 7 nitrogen and oxygen atoms in total. The van der Waals surface area contributed by atoms with Gasteiger partial charge in [0.1, 0.15) is 15.3 Å². The Labute approximate surface area is 198 Å². The first-order valence-electron chi connectivity index (χ1n) is 10.9. The van der Waals surface area contributed by atoms with Gasteiger partial charge in [0.15, 0.2) is 10.9 Å². The summed E-state index contributed by atoms with van der Waals surface area (Å²) in [6, 6.07) is 10.9. The van der Waals surface area contributed by atoms with Crippen LogP contribution in [0.2, 0.25) is 0 Å². The molecule has 1 aromatic carbocycles. The summed E-state index contributed by atoms with van der Waals surface area (Å²) in [5, 5.41) is 1.39. The number of rotatable bonds is 8. The zero-order valence-corrected chi connectivity index (χ0v) is 19.8.